The number of nitrogens with zero attached hydrogens (tertiary/aromatic N) is 2. The summed E-state index contributed by atoms with van der Waals surface area (Å²) in [6.07, 6.45) is 0. The Labute approximate surface area is 211 Å². The van der Waals surface area contributed by atoms with Crippen molar-refractivity contribution in [2.75, 3.05) is 14.2 Å². The monoisotopic (exact) mass is 485 g/mol. The van der Waals surface area contributed by atoms with E-state index in [9.17, 15) is 4.79 Å². The maximum Gasteiger partial charge on any atom is 0.322 e. The van der Waals surface area contributed by atoms with Gasteiger partial charge in [0.2, 0.25) is 5.82 Å². The highest BCUT2D eigenvalue weighted by Crippen LogP contribution is 2.32. The molecule has 1 heterocycles. The molecule has 1 N–H and O–H groups in total. The van der Waals surface area contributed by atoms with E-state index < -0.39 is 6.04 Å². The zero-order valence-corrected chi connectivity index (χ0v) is 21.2. The topological polar surface area (TPSA) is 86.5 Å². The third-order valence-electron chi connectivity index (χ3n) is 6.24. The summed E-state index contributed by atoms with van der Waals surface area (Å²) in [6.45, 7) is 6.36. The molecule has 0 saturated heterocycles. The van der Waals surface area contributed by atoms with Crippen LogP contribution in [0, 0.1) is 6.92 Å². The van der Waals surface area contributed by atoms with Gasteiger partial charge in [-0.2, -0.15) is 4.98 Å². The number of benzene rings is 3. The maximum absolute atomic E-state index is 11.7. The molecule has 0 amide bonds. The van der Waals surface area contributed by atoms with Crippen molar-refractivity contribution >= 4 is 5.97 Å². The molecule has 0 spiro atoms. The fourth-order valence-electron chi connectivity index (χ4n) is 4.23. The molecule has 0 aliphatic carbocycles. The standard InChI is InChI=1S/C29H31N3O4/c1-18-8-6-7-9-25(18)26-15-14-23(16-24(26)17-34-4)28-31-27(32-36-28)22-12-10-21(11-13-22)19(2)30-20(3)29(33)35-5/h6-16,19-20,30H,17H2,1-5H3/t19-,20+/m0/s1. The predicted octanol–water partition coefficient (Wildman–Crippen LogP) is 5.74. The lowest BCUT2D eigenvalue weighted by atomic mass is 9.94. The van der Waals surface area contributed by atoms with Gasteiger partial charge < -0.3 is 14.0 Å². The number of hydrogen-bond donors (Lipinski definition) is 1. The van der Waals surface area contributed by atoms with Crippen molar-refractivity contribution in [2.24, 2.45) is 0 Å². The molecule has 4 aromatic rings. The number of aryl methyl sites for hydroxylation is 1. The van der Waals surface area contributed by atoms with Gasteiger partial charge in [0, 0.05) is 24.3 Å². The van der Waals surface area contributed by atoms with E-state index in [0.717, 1.165) is 27.8 Å². The first-order chi connectivity index (χ1) is 17.4. The summed E-state index contributed by atoms with van der Waals surface area (Å²) >= 11 is 0. The number of rotatable bonds is 9. The van der Waals surface area contributed by atoms with Crippen molar-refractivity contribution in [3.8, 4) is 34.0 Å². The quantitative estimate of drug-likeness (QED) is 0.303. The SMILES string of the molecule is COCc1cc(-c2nc(-c3ccc([C@H](C)N[C@H](C)C(=O)OC)cc3)no2)ccc1-c1ccccc1C. The normalized spacial score (nSPS) is 12.8. The summed E-state index contributed by atoms with van der Waals surface area (Å²) in [5.41, 5.74) is 7.27. The molecule has 2 atom stereocenters. The Morgan fingerprint density at radius 2 is 1.69 bits per heavy atom. The van der Waals surface area contributed by atoms with E-state index >= 15 is 0 Å². The van der Waals surface area contributed by atoms with Gasteiger partial charge in [-0.25, -0.2) is 0 Å². The Bertz CT molecular complexity index is 1330. The average molecular weight is 486 g/mol. The van der Waals surface area contributed by atoms with Crippen molar-refractivity contribution in [2.45, 2.75) is 39.5 Å². The minimum Gasteiger partial charge on any atom is -0.468 e. The van der Waals surface area contributed by atoms with E-state index in [1.54, 1.807) is 14.0 Å². The van der Waals surface area contributed by atoms with Crippen molar-refractivity contribution in [1.82, 2.24) is 15.5 Å². The van der Waals surface area contributed by atoms with Crippen molar-refractivity contribution in [1.29, 1.82) is 0 Å². The number of nitrogens with one attached hydrogen (secondary N) is 1. The second-order valence-corrected chi connectivity index (χ2v) is 8.80. The molecule has 7 nitrogen and oxygen atoms in total. The van der Waals surface area contributed by atoms with Gasteiger partial charge in [0.1, 0.15) is 6.04 Å². The Kier molecular flexibility index (Phi) is 7.93. The van der Waals surface area contributed by atoms with Crippen LogP contribution in [0.3, 0.4) is 0 Å². The molecule has 0 aliphatic rings. The van der Waals surface area contributed by atoms with Gasteiger partial charge in [0.05, 0.1) is 13.7 Å². The van der Waals surface area contributed by atoms with Gasteiger partial charge >= 0.3 is 5.97 Å². The van der Waals surface area contributed by atoms with Gasteiger partial charge in [-0.3, -0.25) is 10.1 Å². The van der Waals surface area contributed by atoms with Gasteiger partial charge in [-0.1, -0.05) is 59.8 Å². The van der Waals surface area contributed by atoms with E-state index in [2.05, 4.69) is 40.6 Å². The summed E-state index contributed by atoms with van der Waals surface area (Å²) in [5.74, 6) is 0.666. The van der Waals surface area contributed by atoms with Crippen LogP contribution in [0.4, 0.5) is 0 Å². The van der Waals surface area contributed by atoms with Gasteiger partial charge in [-0.05, 0) is 60.7 Å². The molecule has 4 rings (SSSR count). The van der Waals surface area contributed by atoms with Gasteiger partial charge in [0.25, 0.3) is 5.89 Å². The fourth-order valence-corrected chi connectivity index (χ4v) is 4.23. The summed E-state index contributed by atoms with van der Waals surface area (Å²) in [4.78, 5) is 16.3. The van der Waals surface area contributed by atoms with Crippen LogP contribution in [0.25, 0.3) is 34.0 Å². The highest BCUT2D eigenvalue weighted by Gasteiger charge is 2.18. The van der Waals surface area contributed by atoms with E-state index in [1.165, 1.54) is 18.2 Å². The van der Waals surface area contributed by atoms with Crippen LogP contribution in [0.15, 0.2) is 71.3 Å². The van der Waals surface area contributed by atoms with E-state index in [4.69, 9.17) is 14.0 Å². The number of ether oxygens (including phenoxy) is 2. The molecule has 0 unspecified atom stereocenters. The second kappa shape index (κ2) is 11.3. The van der Waals surface area contributed by atoms with Crippen molar-refractivity contribution in [3.05, 3.63) is 83.4 Å². The highest BCUT2D eigenvalue weighted by atomic mass is 16.5. The van der Waals surface area contributed by atoms with E-state index in [0.29, 0.717) is 18.3 Å². The van der Waals surface area contributed by atoms with Crippen molar-refractivity contribution in [3.63, 3.8) is 0 Å². The molecule has 0 bridgehead atoms. The lowest BCUT2D eigenvalue weighted by Gasteiger charge is -2.18. The van der Waals surface area contributed by atoms with Gasteiger partial charge in [-0.15, -0.1) is 0 Å². The molecule has 186 valence electrons. The smallest absolute Gasteiger partial charge is 0.322 e. The zero-order chi connectivity index (χ0) is 25.7. The summed E-state index contributed by atoms with van der Waals surface area (Å²) in [5, 5.41) is 7.43. The maximum atomic E-state index is 11.7. The molecular weight excluding hydrogens is 454 g/mol. The van der Waals surface area contributed by atoms with Gasteiger partial charge in [0.15, 0.2) is 0 Å². The fraction of sp³-hybridized carbons (Fsp3) is 0.276. The number of methoxy groups -OCH3 is 2. The van der Waals surface area contributed by atoms with Crippen LogP contribution in [0.2, 0.25) is 0 Å². The Morgan fingerprint density at radius 1 is 0.972 bits per heavy atom. The largest absolute Gasteiger partial charge is 0.468 e. The molecule has 0 aliphatic heterocycles. The number of carbonyl (C=O) groups is 1. The number of carbonyl (C=O) groups excluding carboxylic acids is 1. The lowest BCUT2D eigenvalue weighted by Crippen LogP contribution is -2.36. The Balaban J connectivity index is 1.55. The molecule has 36 heavy (non-hydrogen) atoms. The van der Waals surface area contributed by atoms with Crippen LogP contribution >= 0.6 is 0 Å². The minimum atomic E-state index is -0.398. The molecule has 3 aromatic carbocycles. The second-order valence-electron chi connectivity index (χ2n) is 8.80. The first-order valence-corrected chi connectivity index (χ1v) is 11.9. The first kappa shape index (κ1) is 25.3. The van der Waals surface area contributed by atoms with E-state index in [-0.39, 0.29) is 12.0 Å². The summed E-state index contributed by atoms with van der Waals surface area (Å²) in [6, 6.07) is 21.9. The van der Waals surface area contributed by atoms with Crippen LogP contribution in [0.1, 0.15) is 36.6 Å². The minimum absolute atomic E-state index is 0.0278. The first-order valence-electron chi connectivity index (χ1n) is 11.9. The van der Waals surface area contributed by atoms with Crippen LogP contribution in [-0.2, 0) is 20.9 Å². The number of esters is 1. The van der Waals surface area contributed by atoms with Crippen LogP contribution in [0.5, 0.6) is 0 Å². The van der Waals surface area contributed by atoms with Crippen molar-refractivity contribution < 1.29 is 18.8 Å². The molecular formula is C29H31N3O4. The average Bonchev–Trinajstić information content (AvgIpc) is 3.39. The third kappa shape index (κ3) is 5.53. The molecule has 0 radical (unpaired) electrons. The molecule has 7 heteroatoms. The number of aromatic nitrogens is 2. The molecule has 0 saturated carbocycles. The predicted molar refractivity (Wildman–Crippen MR) is 139 cm³/mol. The highest BCUT2D eigenvalue weighted by molar-refractivity contribution is 5.75. The van der Waals surface area contributed by atoms with E-state index in [1.807, 2.05) is 55.5 Å². The van der Waals surface area contributed by atoms with Crippen LogP contribution in [-0.4, -0.2) is 36.4 Å². The Hall–Kier alpha value is -3.81. The van der Waals surface area contributed by atoms with Crippen LogP contribution < -0.4 is 5.32 Å². The molecule has 0 fully saturated rings. The summed E-state index contributed by atoms with van der Waals surface area (Å²) < 4.78 is 15.9. The lowest BCUT2D eigenvalue weighted by molar-refractivity contribution is -0.142. The molecule has 1 aromatic heterocycles. The Morgan fingerprint density at radius 3 is 2.39 bits per heavy atom. The number of hydrogen-bond acceptors (Lipinski definition) is 7. The summed E-state index contributed by atoms with van der Waals surface area (Å²) in [7, 11) is 3.07. The zero-order valence-electron chi connectivity index (χ0n) is 21.2. The third-order valence-corrected chi connectivity index (χ3v) is 6.24.